The topological polar surface area (TPSA) is 75.6 Å². The maximum atomic E-state index is 11.4. The van der Waals surface area contributed by atoms with Gasteiger partial charge in [-0.05, 0) is 44.0 Å². The first kappa shape index (κ1) is 14.0. The van der Waals surface area contributed by atoms with E-state index in [9.17, 15) is 9.59 Å². The zero-order valence-electron chi connectivity index (χ0n) is 10.7. The summed E-state index contributed by atoms with van der Waals surface area (Å²) < 4.78 is 5.28. The number of nitrogens with one attached hydrogen (secondary N) is 1. The normalized spacial score (nSPS) is 11.7. The lowest BCUT2D eigenvalue weighted by Gasteiger charge is -2.11. The molecule has 0 bridgehead atoms. The summed E-state index contributed by atoms with van der Waals surface area (Å²) in [5, 5.41) is 10.9. The molecule has 0 aliphatic rings. The van der Waals surface area contributed by atoms with E-state index in [4.69, 9.17) is 9.84 Å². The number of hydrogen-bond donors (Lipinski definition) is 2. The van der Waals surface area contributed by atoms with Crippen LogP contribution in [0, 0.1) is 13.8 Å². The molecule has 98 valence electrons. The Morgan fingerprint density at radius 2 is 2.00 bits per heavy atom. The molecule has 0 fully saturated rings. The van der Waals surface area contributed by atoms with E-state index in [1.54, 1.807) is 6.07 Å². The summed E-state index contributed by atoms with van der Waals surface area (Å²) in [7, 11) is 0. The van der Waals surface area contributed by atoms with Crippen LogP contribution < -0.4 is 10.1 Å². The highest BCUT2D eigenvalue weighted by Gasteiger charge is 2.14. The molecule has 0 aliphatic heterocycles. The van der Waals surface area contributed by atoms with Gasteiger partial charge in [-0.3, -0.25) is 9.59 Å². The number of carboxylic acids is 1. The van der Waals surface area contributed by atoms with Crippen LogP contribution in [0.2, 0.25) is 0 Å². The predicted molar refractivity (Wildman–Crippen MR) is 66.7 cm³/mol. The number of carboxylic acid groups (broad SMARTS) is 1. The third kappa shape index (κ3) is 4.08. The standard InChI is InChI=1S/C13H17NO4/c1-8-4-5-11(6-9(8)2)18-7-12(15)14-10(3)13(16)17/h4-6,10H,7H2,1-3H3,(H,14,15)(H,16,17)/t10-/m0/s1. The summed E-state index contributed by atoms with van der Waals surface area (Å²) in [6.45, 7) is 5.14. The zero-order chi connectivity index (χ0) is 13.7. The molecule has 1 aromatic rings. The minimum atomic E-state index is -1.07. The van der Waals surface area contributed by atoms with Crippen LogP contribution in [0.5, 0.6) is 5.75 Å². The third-order valence-corrected chi connectivity index (χ3v) is 2.60. The Morgan fingerprint density at radius 3 is 2.56 bits per heavy atom. The average molecular weight is 251 g/mol. The van der Waals surface area contributed by atoms with Gasteiger partial charge in [0.1, 0.15) is 11.8 Å². The van der Waals surface area contributed by atoms with Gasteiger partial charge in [0.2, 0.25) is 0 Å². The highest BCUT2D eigenvalue weighted by atomic mass is 16.5. The molecular weight excluding hydrogens is 234 g/mol. The van der Waals surface area contributed by atoms with Gasteiger partial charge in [-0.1, -0.05) is 6.07 Å². The van der Waals surface area contributed by atoms with Crippen molar-refractivity contribution in [2.75, 3.05) is 6.61 Å². The second-order valence-corrected chi connectivity index (χ2v) is 4.16. The number of rotatable bonds is 5. The first-order valence-electron chi connectivity index (χ1n) is 5.62. The molecule has 2 N–H and O–H groups in total. The third-order valence-electron chi connectivity index (χ3n) is 2.60. The van der Waals surface area contributed by atoms with Crippen LogP contribution in [0.3, 0.4) is 0 Å². The summed E-state index contributed by atoms with van der Waals surface area (Å²) in [4.78, 5) is 21.9. The molecule has 0 heterocycles. The van der Waals surface area contributed by atoms with E-state index >= 15 is 0 Å². The molecule has 0 saturated heterocycles. The van der Waals surface area contributed by atoms with Crippen LogP contribution in [0.4, 0.5) is 0 Å². The summed E-state index contributed by atoms with van der Waals surface area (Å²) in [6.07, 6.45) is 0. The second-order valence-electron chi connectivity index (χ2n) is 4.16. The molecule has 5 nitrogen and oxygen atoms in total. The Kier molecular flexibility index (Phi) is 4.71. The van der Waals surface area contributed by atoms with Crippen molar-refractivity contribution in [2.24, 2.45) is 0 Å². The van der Waals surface area contributed by atoms with Crippen molar-refractivity contribution in [3.05, 3.63) is 29.3 Å². The van der Waals surface area contributed by atoms with Gasteiger partial charge in [0, 0.05) is 0 Å². The highest BCUT2D eigenvalue weighted by Crippen LogP contribution is 2.16. The fraction of sp³-hybridized carbons (Fsp3) is 0.385. The van der Waals surface area contributed by atoms with E-state index in [2.05, 4.69) is 5.32 Å². The molecule has 1 aromatic carbocycles. The maximum absolute atomic E-state index is 11.4. The SMILES string of the molecule is Cc1ccc(OCC(=O)N[C@@H](C)C(=O)O)cc1C. The Bertz CT molecular complexity index is 456. The van der Waals surface area contributed by atoms with Gasteiger partial charge < -0.3 is 15.2 Å². The largest absolute Gasteiger partial charge is 0.484 e. The predicted octanol–water partition coefficient (Wildman–Crippen LogP) is 1.27. The fourth-order valence-corrected chi connectivity index (χ4v) is 1.30. The molecule has 0 saturated carbocycles. The van der Waals surface area contributed by atoms with Gasteiger partial charge in [-0.15, -0.1) is 0 Å². The van der Waals surface area contributed by atoms with Crippen molar-refractivity contribution in [3.63, 3.8) is 0 Å². The fourth-order valence-electron chi connectivity index (χ4n) is 1.30. The lowest BCUT2D eigenvalue weighted by atomic mass is 10.1. The zero-order valence-corrected chi connectivity index (χ0v) is 10.7. The van der Waals surface area contributed by atoms with Gasteiger partial charge in [0.25, 0.3) is 5.91 Å². The number of carbonyl (C=O) groups is 2. The highest BCUT2D eigenvalue weighted by molar-refractivity contribution is 5.84. The van der Waals surface area contributed by atoms with Crippen LogP contribution in [-0.4, -0.2) is 29.6 Å². The van der Waals surface area contributed by atoms with Crippen LogP contribution >= 0.6 is 0 Å². The number of carbonyl (C=O) groups excluding carboxylic acids is 1. The molecule has 0 radical (unpaired) electrons. The Morgan fingerprint density at radius 1 is 1.33 bits per heavy atom. The van der Waals surface area contributed by atoms with E-state index < -0.39 is 17.9 Å². The average Bonchev–Trinajstić information content (AvgIpc) is 2.30. The molecule has 18 heavy (non-hydrogen) atoms. The van der Waals surface area contributed by atoms with Crippen LogP contribution in [-0.2, 0) is 9.59 Å². The van der Waals surface area contributed by atoms with E-state index in [-0.39, 0.29) is 6.61 Å². The van der Waals surface area contributed by atoms with Gasteiger partial charge >= 0.3 is 5.97 Å². The Hall–Kier alpha value is -2.04. The molecule has 0 aliphatic carbocycles. The van der Waals surface area contributed by atoms with Gasteiger partial charge in [0.15, 0.2) is 6.61 Å². The lowest BCUT2D eigenvalue weighted by Crippen LogP contribution is -2.40. The molecule has 1 rings (SSSR count). The first-order valence-corrected chi connectivity index (χ1v) is 5.62. The summed E-state index contributed by atoms with van der Waals surface area (Å²) in [5.41, 5.74) is 2.22. The second kappa shape index (κ2) is 6.05. The monoisotopic (exact) mass is 251 g/mol. The van der Waals surface area contributed by atoms with Crippen molar-refractivity contribution in [3.8, 4) is 5.75 Å². The number of hydrogen-bond acceptors (Lipinski definition) is 3. The quantitative estimate of drug-likeness (QED) is 0.826. The molecule has 1 atom stereocenters. The van der Waals surface area contributed by atoms with Gasteiger partial charge in [0.05, 0.1) is 0 Å². The molecule has 0 unspecified atom stereocenters. The van der Waals surface area contributed by atoms with Gasteiger partial charge in [-0.25, -0.2) is 0 Å². The van der Waals surface area contributed by atoms with Crippen molar-refractivity contribution in [1.29, 1.82) is 0 Å². The van der Waals surface area contributed by atoms with Crippen LogP contribution in [0.25, 0.3) is 0 Å². The van der Waals surface area contributed by atoms with Crippen molar-refractivity contribution in [1.82, 2.24) is 5.32 Å². The summed E-state index contributed by atoms with van der Waals surface area (Å²) in [5.74, 6) is -0.936. The lowest BCUT2D eigenvalue weighted by molar-refractivity contribution is -0.141. The minimum Gasteiger partial charge on any atom is -0.484 e. The number of aliphatic carboxylic acids is 1. The molecule has 0 spiro atoms. The summed E-state index contributed by atoms with van der Waals surface area (Å²) >= 11 is 0. The first-order chi connectivity index (χ1) is 8.40. The Balaban J connectivity index is 2.47. The number of amides is 1. The molecule has 1 amide bonds. The van der Waals surface area contributed by atoms with Crippen LogP contribution in [0.1, 0.15) is 18.1 Å². The number of aryl methyl sites for hydroxylation is 2. The van der Waals surface area contributed by atoms with Crippen molar-refractivity contribution < 1.29 is 19.4 Å². The van der Waals surface area contributed by atoms with Crippen LogP contribution in [0.15, 0.2) is 18.2 Å². The smallest absolute Gasteiger partial charge is 0.325 e. The van der Waals surface area contributed by atoms with E-state index in [0.717, 1.165) is 11.1 Å². The molecular formula is C13H17NO4. The van der Waals surface area contributed by atoms with E-state index in [1.807, 2.05) is 26.0 Å². The van der Waals surface area contributed by atoms with Crippen molar-refractivity contribution in [2.45, 2.75) is 26.8 Å². The van der Waals surface area contributed by atoms with Gasteiger partial charge in [-0.2, -0.15) is 0 Å². The number of benzene rings is 1. The van der Waals surface area contributed by atoms with E-state index in [0.29, 0.717) is 5.75 Å². The molecule has 5 heteroatoms. The van der Waals surface area contributed by atoms with E-state index in [1.165, 1.54) is 6.92 Å². The number of ether oxygens (including phenoxy) is 1. The minimum absolute atomic E-state index is 0.194. The summed E-state index contributed by atoms with van der Waals surface area (Å²) in [6, 6.07) is 4.60. The Labute approximate surface area is 106 Å². The van der Waals surface area contributed by atoms with Crippen molar-refractivity contribution >= 4 is 11.9 Å². The molecule has 0 aromatic heterocycles. The maximum Gasteiger partial charge on any atom is 0.325 e.